The summed E-state index contributed by atoms with van der Waals surface area (Å²) in [5, 5.41) is 0.805. The zero-order valence-electron chi connectivity index (χ0n) is 11.1. The van der Waals surface area contributed by atoms with Crippen molar-refractivity contribution >= 4 is 27.4 Å². The second kappa shape index (κ2) is 3.69. The first-order valence-corrected chi connectivity index (χ1v) is 5.92. The van der Waals surface area contributed by atoms with Gasteiger partial charge in [-0.15, -0.1) is 0 Å². The molecular weight excluding hydrogens is 262 g/mol. The third kappa shape index (κ3) is 1.20. The summed E-state index contributed by atoms with van der Waals surface area (Å²) in [4.78, 5) is 35.3. The molecule has 0 fully saturated rings. The lowest BCUT2D eigenvalue weighted by molar-refractivity contribution is 0.421. The van der Waals surface area contributed by atoms with Crippen molar-refractivity contribution in [3.05, 3.63) is 42.0 Å². The first-order valence-electron chi connectivity index (χ1n) is 5.92. The average molecular weight is 273 g/mol. The topological polar surface area (TPSA) is 99.6 Å². The van der Waals surface area contributed by atoms with E-state index in [1.165, 1.54) is 7.11 Å². The van der Waals surface area contributed by atoms with Gasteiger partial charge in [-0.05, 0) is 19.4 Å². The second-order valence-electron chi connectivity index (χ2n) is 4.70. The quantitative estimate of drug-likeness (QED) is 0.399. The number of nitrogens with two attached hydrogens (primary N) is 1. The van der Waals surface area contributed by atoms with E-state index in [1.807, 2.05) is 0 Å². The Morgan fingerprint density at radius 2 is 1.55 bits per heavy atom. The molecule has 0 aliphatic carbocycles. The fourth-order valence-corrected chi connectivity index (χ4v) is 2.52. The average Bonchev–Trinajstić information content (AvgIpc) is 2.44. The smallest absolute Gasteiger partial charge is 0.339 e. The normalized spacial score (nSPS) is 11.6. The minimum atomic E-state index is -0.631. The molecule has 0 saturated carbocycles. The van der Waals surface area contributed by atoms with Crippen LogP contribution in [0.15, 0.2) is 18.8 Å². The molecule has 0 unspecified atom stereocenters. The van der Waals surface area contributed by atoms with Crippen LogP contribution >= 0.6 is 0 Å². The van der Waals surface area contributed by atoms with Gasteiger partial charge < -0.3 is 14.9 Å². The van der Waals surface area contributed by atoms with Crippen molar-refractivity contribution in [2.75, 3.05) is 12.8 Å². The third-order valence-corrected chi connectivity index (χ3v) is 3.75. The van der Waals surface area contributed by atoms with Gasteiger partial charge in [0.25, 0.3) is 0 Å². The first-order chi connectivity index (χ1) is 9.40. The molecule has 0 bridgehead atoms. The number of nitrogen functional groups attached to an aromatic ring is 1. The van der Waals surface area contributed by atoms with Gasteiger partial charge in [-0.1, -0.05) is 0 Å². The number of ether oxygens (including phenoxy) is 1. The van der Waals surface area contributed by atoms with Crippen LogP contribution in [0.25, 0.3) is 21.7 Å². The molecule has 1 aromatic heterocycles. The zero-order valence-corrected chi connectivity index (χ0v) is 11.1. The van der Waals surface area contributed by atoms with Gasteiger partial charge in [0.1, 0.15) is 5.69 Å². The summed E-state index contributed by atoms with van der Waals surface area (Å²) in [5.41, 5.74) is 5.26. The van der Waals surface area contributed by atoms with Gasteiger partial charge in [-0.3, -0.25) is 9.59 Å². The molecule has 0 spiro atoms. The van der Waals surface area contributed by atoms with Crippen LogP contribution in [-0.2, 0) is 0 Å². The van der Waals surface area contributed by atoms with E-state index in [-0.39, 0.29) is 27.8 Å². The molecule has 2 aromatic carbocycles. The molecule has 102 valence electrons. The van der Waals surface area contributed by atoms with E-state index in [9.17, 15) is 14.4 Å². The lowest BCUT2D eigenvalue weighted by Gasteiger charge is -2.14. The number of rotatable bonds is 1. The van der Waals surface area contributed by atoms with Crippen LogP contribution in [0.3, 0.4) is 0 Å². The van der Waals surface area contributed by atoms with Crippen molar-refractivity contribution in [3.63, 3.8) is 0 Å². The van der Waals surface area contributed by atoms with Crippen LogP contribution in [0, 0.1) is 13.8 Å². The Bertz CT molecular complexity index is 1020. The number of fused-ring (bicyclic) bond motifs is 3. The lowest BCUT2D eigenvalue weighted by Crippen LogP contribution is -2.32. The number of anilines is 1. The number of hydrogen-bond acceptors (Lipinski definition) is 6. The number of aryl methyl sites for hydroxylation is 1. The van der Waals surface area contributed by atoms with Crippen LogP contribution in [-0.4, -0.2) is 7.11 Å². The van der Waals surface area contributed by atoms with Crippen LogP contribution in [0.5, 0.6) is 5.75 Å². The molecule has 0 atom stereocenters. The highest BCUT2D eigenvalue weighted by Crippen LogP contribution is 2.39. The highest BCUT2D eigenvalue weighted by molar-refractivity contribution is 6.17. The fraction of sp³-hybridized carbons (Fsp3) is 0.214. The minimum absolute atomic E-state index is 0.0577. The summed E-state index contributed by atoms with van der Waals surface area (Å²) >= 11 is 0. The predicted molar refractivity (Wildman–Crippen MR) is 75.3 cm³/mol. The summed E-state index contributed by atoms with van der Waals surface area (Å²) in [6.45, 7) is 3.29. The molecule has 1 heterocycles. The maximum Gasteiger partial charge on any atom is 0.339 e. The van der Waals surface area contributed by atoms with Crippen molar-refractivity contribution in [3.8, 4) is 5.75 Å². The van der Waals surface area contributed by atoms with Crippen molar-refractivity contribution in [1.29, 1.82) is 0 Å². The largest absolute Gasteiger partial charge is 0.494 e. The maximum atomic E-state index is 11.8. The summed E-state index contributed by atoms with van der Waals surface area (Å²) in [6, 6.07) is 0. The molecule has 0 aliphatic rings. The van der Waals surface area contributed by atoms with E-state index in [2.05, 4.69) is 0 Å². The van der Waals surface area contributed by atoms with Gasteiger partial charge in [0.2, 0.25) is 10.9 Å². The maximum absolute atomic E-state index is 11.8. The minimum Gasteiger partial charge on any atom is -0.494 e. The van der Waals surface area contributed by atoms with Crippen LogP contribution in [0.4, 0.5) is 5.69 Å². The van der Waals surface area contributed by atoms with E-state index in [0.717, 1.165) is 0 Å². The molecule has 0 radical (unpaired) electrons. The monoisotopic (exact) mass is 273 g/mol. The Labute approximate surface area is 112 Å². The zero-order chi connectivity index (χ0) is 14.8. The fourth-order valence-electron chi connectivity index (χ4n) is 2.52. The molecule has 2 N–H and O–H groups in total. The van der Waals surface area contributed by atoms with Crippen LogP contribution in [0.2, 0.25) is 0 Å². The van der Waals surface area contributed by atoms with Crippen molar-refractivity contribution < 1.29 is 9.15 Å². The number of hydrogen-bond donors (Lipinski definition) is 1. The molecule has 0 saturated heterocycles. The first kappa shape index (κ1) is 12.4. The van der Waals surface area contributed by atoms with Gasteiger partial charge >= 0.3 is 5.63 Å². The predicted octanol–water partition coefficient (Wildman–Crippen LogP) is 0.750. The van der Waals surface area contributed by atoms with Crippen LogP contribution < -0.4 is 27.0 Å². The van der Waals surface area contributed by atoms with E-state index in [4.69, 9.17) is 14.9 Å². The molecular formula is C14H11NO5. The van der Waals surface area contributed by atoms with Gasteiger partial charge in [-0.2, -0.15) is 0 Å². The van der Waals surface area contributed by atoms with Gasteiger partial charge in [0.05, 0.1) is 17.9 Å². The van der Waals surface area contributed by atoms with Crippen molar-refractivity contribution in [2.24, 2.45) is 0 Å². The van der Waals surface area contributed by atoms with E-state index < -0.39 is 16.5 Å². The standard InChI is InChI=1S/C14H11NO5/c1-4-5(2)14(18)20-13-6(4)7-8(11(17)10(7)16)12(19-3)9(13)15/h15H2,1-3H3. The molecule has 6 nitrogen and oxygen atoms in total. The van der Waals surface area contributed by atoms with Gasteiger partial charge in [0, 0.05) is 10.9 Å². The van der Waals surface area contributed by atoms with E-state index in [1.54, 1.807) is 13.8 Å². The Balaban J connectivity index is 2.78. The Morgan fingerprint density at radius 3 is 2.15 bits per heavy atom. The highest BCUT2D eigenvalue weighted by Gasteiger charge is 2.27. The molecule has 0 aliphatic heterocycles. The molecule has 0 amide bonds. The Hall–Kier alpha value is -2.63. The summed E-state index contributed by atoms with van der Waals surface area (Å²) in [5.74, 6) is 0.0866. The summed E-state index contributed by atoms with van der Waals surface area (Å²) in [7, 11) is 1.34. The van der Waals surface area contributed by atoms with Crippen molar-refractivity contribution in [2.45, 2.75) is 13.8 Å². The highest BCUT2D eigenvalue weighted by atomic mass is 16.5. The lowest BCUT2D eigenvalue weighted by atomic mass is 9.94. The second-order valence-corrected chi connectivity index (χ2v) is 4.70. The number of methoxy groups -OCH3 is 1. The van der Waals surface area contributed by atoms with Gasteiger partial charge in [0.15, 0.2) is 11.3 Å². The molecule has 3 rings (SSSR count). The number of benzene rings is 1. The molecule has 6 heteroatoms. The van der Waals surface area contributed by atoms with E-state index in [0.29, 0.717) is 16.5 Å². The van der Waals surface area contributed by atoms with Gasteiger partial charge in [-0.25, -0.2) is 4.79 Å². The SMILES string of the molecule is COc1c(N)c2oc(=O)c(C)c(C)c2c2c(=O)c(=O)c12. The summed E-state index contributed by atoms with van der Waals surface area (Å²) in [6.07, 6.45) is 0. The third-order valence-electron chi connectivity index (χ3n) is 3.75. The molecule has 20 heavy (non-hydrogen) atoms. The Kier molecular flexibility index (Phi) is 2.29. The summed E-state index contributed by atoms with van der Waals surface area (Å²) < 4.78 is 10.3. The van der Waals surface area contributed by atoms with E-state index >= 15 is 0 Å². The van der Waals surface area contributed by atoms with Crippen LogP contribution in [0.1, 0.15) is 11.1 Å². The molecule has 3 aromatic rings. The Morgan fingerprint density at radius 1 is 0.950 bits per heavy atom. The van der Waals surface area contributed by atoms with Crippen molar-refractivity contribution in [1.82, 2.24) is 0 Å².